The van der Waals surface area contributed by atoms with Crippen molar-refractivity contribution in [2.45, 2.75) is 19.3 Å². The molecule has 1 fully saturated rings. The Kier molecular flexibility index (Phi) is 7.58. The van der Waals surface area contributed by atoms with Crippen LogP contribution in [0.1, 0.15) is 19.3 Å². The van der Waals surface area contributed by atoms with E-state index in [0.717, 1.165) is 76.5 Å². The number of methoxy groups -OCH3 is 2. The van der Waals surface area contributed by atoms with Gasteiger partial charge in [-0.15, -0.1) is 0 Å². The molecule has 0 bridgehead atoms. The minimum Gasteiger partial charge on any atom is -0.493 e. The Morgan fingerprint density at radius 1 is 0.825 bits per heavy atom. The Labute approximate surface area is 234 Å². The van der Waals surface area contributed by atoms with Gasteiger partial charge in [0.25, 0.3) is 0 Å². The van der Waals surface area contributed by atoms with Crippen molar-refractivity contribution in [3.8, 4) is 34.6 Å². The maximum Gasteiger partial charge on any atom is 0.231 e. The molecular weight excluding hydrogens is 510 g/mol. The Hall–Kier alpha value is -3.69. The third-order valence-electron chi connectivity index (χ3n) is 7.66. The first-order valence-corrected chi connectivity index (χ1v) is 13.9. The highest BCUT2D eigenvalue weighted by molar-refractivity contribution is 6.20. The van der Waals surface area contributed by atoms with Crippen molar-refractivity contribution in [3.63, 3.8) is 0 Å². The molecule has 1 saturated heterocycles. The minimum absolute atomic E-state index is 0.204. The van der Waals surface area contributed by atoms with E-state index in [0.29, 0.717) is 36.3 Å². The number of ether oxygens (including phenoxy) is 6. The van der Waals surface area contributed by atoms with E-state index < -0.39 is 0 Å². The van der Waals surface area contributed by atoms with E-state index in [1.807, 2.05) is 24.3 Å². The standard InChI is InChI=1S/C31H37N3O6/c1-33(2)8-7-12-37-28-15-20-14-26-27(40-19-39-26)16-21(20)30-29(28)22-17-24(35-3)25(36-4)18-23(22)31(32-30)38-13-11-34-9-5-6-10-34/h14-18H,5-13,19H2,1-4H3. The smallest absolute Gasteiger partial charge is 0.231 e. The molecule has 4 aromatic rings. The SMILES string of the molecule is COc1cc2c(OCCN3CCCC3)nc3c4cc5c(cc4cc(OCCCN(C)C)c3c2cc1OC)OCO5. The van der Waals surface area contributed by atoms with Crippen molar-refractivity contribution < 1.29 is 28.4 Å². The molecule has 0 radical (unpaired) electrons. The van der Waals surface area contributed by atoms with Gasteiger partial charge in [-0.05, 0) is 82.2 Å². The first-order chi connectivity index (χ1) is 19.6. The summed E-state index contributed by atoms with van der Waals surface area (Å²) in [4.78, 5) is 9.74. The average molecular weight is 548 g/mol. The number of nitrogens with zero attached hydrogens (tertiary/aromatic N) is 3. The van der Waals surface area contributed by atoms with E-state index in [1.165, 1.54) is 12.8 Å². The summed E-state index contributed by atoms with van der Waals surface area (Å²) in [6, 6.07) is 10.0. The normalized spacial score (nSPS) is 15.0. The molecule has 0 saturated carbocycles. The van der Waals surface area contributed by atoms with Gasteiger partial charge in [0.2, 0.25) is 12.7 Å². The molecule has 9 nitrogen and oxygen atoms in total. The second kappa shape index (κ2) is 11.4. The van der Waals surface area contributed by atoms with Crippen LogP contribution in [0.15, 0.2) is 30.3 Å². The van der Waals surface area contributed by atoms with Crippen LogP contribution in [-0.2, 0) is 0 Å². The first kappa shape index (κ1) is 26.5. The van der Waals surface area contributed by atoms with Gasteiger partial charge in [0.15, 0.2) is 23.0 Å². The molecule has 9 heteroatoms. The molecule has 0 unspecified atom stereocenters. The number of likely N-dealkylation sites (tertiary alicyclic amines) is 1. The summed E-state index contributed by atoms with van der Waals surface area (Å²) in [6.07, 6.45) is 3.38. The monoisotopic (exact) mass is 547 g/mol. The van der Waals surface area contributed by atoms with Gasteiger partial charge in [-0.3, -0.25) is 4.90 Å². The maximum atomic E-state index is 6.47. The fourth-order valence-corrected chi connectivity index (χ4v) is 5.61. The van der Waals surface area contributed by atoms with Crippen LogP contribution in [0.3, 0.4) is 0 Å². The van der Waals surface area contributed by atoms with Crippen LogP contribution in [0.4, 0.5) is 0 Å². The fraction of sp³-hybridized carbons (Fsp3) is 0.452. The molecule has 0 aliphatic carbocycles. The van der Waals surface area contributed by atoms with Crippen molar-refractivity contribution in [3.05, 3.63) is 30.3 Å². The van der Waals surface area contributed by atoms with Crippen LogP contribution >= 0.6 is 0 Å². The molecule has 0 amide bonds. The van der Waals surface area contributed by atoms with Crippen molar-refractivity contribution in [2.24, 2.45) is 0 Å². The third kappa shape index (κ3) is 5.11. The van der Waals surface area contributed by atoms with Gasteiger partial charge in [-0.1, -0.05) is 0 Å². The van der Waals surface area contributed by atoms with Crippen LogP contribution < -0.4 is 28.4 Å². The van der Waals surface area contributed by atoms with Crippen molar-refractivity contribution >= 4 is 32.4 Å². The predicted molar refractivity (Wildman–Crippen MR) is 156 cm³/mol. The largest absolute Gasteiger partial charge is 0.493 e. The zero-order valence-electron chi connectivity index (χ0n) is 23.7. The predicted octanol–water partition coefficient (Wildman–Crippen LogP) is 5.09. The molecule has 212 valence electrons. The summed E-state index contributed by atoms with van der Waals surface area (Å²) in [5, 5.41) is 4.60. The number of hydrogen-bond donors (Lipinski definition) is 0. The van der Waals surface area contributed by atoms with E-state index in [2.05, 4.69) is 30.0 Å². The molecule has 0 N–H and O–H groups in total. The number of rotatable bonds is 11. The van der Waals surface area contributed by atoms with E-state index in [1.54, 1.807) is 14.2 Å². The van der Waals surface area contributed by atoms with Gasteiger partial charge < -0.3 is 33.3 Å². The number of aromatic nitrogens is 1. The fourth-order valence-electron chi connectivity index (χ4n) is 5.61. The second-order valence-electron chi connectivity index (χ2n) is 10.6. The molecular formula is C31H37N3O6. The summed E-state index contributed by atoms with van der Waals surface area (Å²) >= 11 is 0. The zero-order valence-corrected chi connectivity index (χ0v) is 23.7. The topological polar surface area (TPSA) is 74.8 Å². The van der Waals surface area contributed by atoms with Gasteiger partial charge in [-0.2, -0.15) is 0 Å². The molecule has 2 aliphatic heterocycles. The number of pyridine rings is 1. The van der Waals surface area contributed by atoms with E-state index in [4.69, 9.17) is 33.4 Å². The van der Waals surface area contributed by atoms with Crippen LogP contribution in [0.25, 0.3) is 32.4 Å². The average Bonchev–Trinajstić information content (AvgIpc) is 3.65. The summed E-state index contributed by atoms with van der Waals surface area (Å²) < 4.78 is 35.7. The summed E-state index contributed by atoms with van der Waals surface area (Å²) in [6.45, 7) is 5.36. The van der Waals surface area contributed by atoms with E-state index in [9.17, 15) is 0 Å². The van der Waals surface area contributed by atoms with Gasteiger partial charge in [0.05, 0.1) is 31.7 Å². The lowest BCUT2D eigenvalue weighted by atomic mass is 9.99. The molecule has 6 rings (SSSR count). The highest BCUT2D eigenvalue weighted by Gasteiger charge is 2.23. The van der Waals surface area contributed by atoms with E-state index >= 15 is 0 Å². The summed E-state index contributed by atoms with van der Waals surface area (Å²) in [5.74, 6) is 4.01. The maximum absolute atomic E-state index is 6.47. The lowest BCUT2D eigenvalue weighted by Crippen LogP contribution is -2.25. The molecule has 0 spiro atoms. The minimum atomic E-state index is 0.204. The third-order valence-corrected chi connectivity index (χ3v) is 7.66. The number of fused-ring (bicyclic) bond motifs is 6. The van der Waals surface area contributed by atoms with Crippen molar-refractivity contribution in [2.75, 3.05) is 74.5 Å². The van der Waals surface area contributed by atoms with Gasteiger partial charge in [-0.25, -0.2) is 4.98 Å². The lowest BCUT2D eigenvalue weighted by Gasteiger charge is -2.19. The Morgan fingerprint density at radius 2 is 1.55 bits per heavy atom. The Balaban J connectivity index is 1.54. The van der Waals surface area contributed by atoms with Crippen LogP contribution in [0.2, 0.25) is 0 Å². The lowest BCUT2D eigenvalue weighted by molar-refractivity contribution is 0.174. The van der Waals surface area contributed by atoms with Crippen molar-refractivity contribution in [1.29, 1.82) is 0 Å². The Bertz CT molecular complexity index is 1530. The van der Waals surface area contributed by atoms with Crippen LogP contribution in [0.5, 0.6) is 34.6 Å². The molecule has 2 aliphatic rings. The number of benzene rings is 3. The second-order valence-corrected chi connectivity index (χ2v) is 10.6. The van der Waals surface area contributed by atoms with E-state index in [-0.39, 0.29) is 6.79 Å². The summed E-state index contributed by atoms with van der Waals surface area (Å²) in [5.41, 5.74) is 0.786. The Morgan fingerprint density at radius 3 is 2.27 bits per heavy atom. The highest BCUT2D eigenvalue weighted by Crippen LogP contribution is 2.46. The molecule has 3 aromatic carbocycles. The molecule has 40 heavy (non-hydrogen) atoms. The highest BCUT2D eigenvalue weighted by atomic mass is 16.7. The van der Waals surface area contributed by atoms with Gasteiger partial charge >= 0.3 is 0 Å². The summed E-state index contributed by atoms with van der Waals surface area (Å²) in [7, 11) is 7.42. The number of hydrogen-bond acceptors (Lipinski definition) is 9. The van der Waals surface area contributed by atoms with Gasteiger partial charge in [0, 0.05) is 29.2 Å². The van der Waals surface area contributed by atoms with Crippen LogP contribution in [-0.4, -0.2) is 89.3 Å². The van der Waals surface area contributed by atoms with Crippen LogP contribution in [0, 0.1) is 0 Å². The molecule has 1 aromatic heterocycles. The quantitative estimate of drug-likeness (QED) is 0.189. The molecule has 3 heterocycles. The van der Waals surface area contributed by atoms with Crippen molar-refractivity contribution in [1.82, 2.24) is 14.8 Å². The zero-order chi connectivity index (χ0) is 27.6. The molecule has 0 atom stereocenters. The first-order valence-electron chi connectivity index (χ1n) is 13.9. The van der Waals surface area contributed by atoms with Gasteiger partial charge in [0.1, 0.15) is 12.4 Å².